The fourth-order valence-corrected chi connectivity index (χ4v) is 1.98. The van der Waals surface area contributed by atoms with Gasteiger partial charge in [-0.2, -0.15) is 0 Å². The number of nitrogens with two attached hydrogens (primary N) is 1. The first-order valence-electron chi connectivity index (χ1n) is 6.82. The summed E-state index contributed by atoms with van der Waals surface area (Å²) in [5.74, 6) is 0.186. The molecule has 1 aromatic carbocycles. The molecule has 0 aliphatic carbocycles. The molecular formula is C15H24N2O2. The van der Waals surface area contributed by atoms with Crippen molar-refractivity contribution in [3.8, 4) is 0 Å². The van der Waals surface area contributed by atoms with E-state index in [2.05, 4.69) is 26.1 Å². The largest absolute Gasteiger partial charge is 0.462 e. The van der Waals surface area contributed by atoms with E-state index in [0.29, 0.717) is 29.8 Å². The van der Waals surface area contributed by atoms with Gasteiger partial charge in [-0.05, 0) is 37.5 Å². The Kier molecular flexibility index (Phi) is 5.67. The lowest BCUT2D eigenvalue weighted by atomic mass is 10.0. The zero-order valence-electron chi connectivity index (χ0n) is 12.2. The first kappa shape index (κ1) is 15.3. The molecule has 0 saturated carbocycles. The number of esters is 1. The molecule has 1 atom stereocenters. The average molecular weight is 264 g/mol. The molecule has 0 amide bonds. The smallest absolute Gasteiger partial charge is 0.338 e. The summed E-state index contributed by atoms with van der Waals surface area (Å²) in [6.45, 7) is 8.63. The van der Waals surface area contributed by atoms with E-state index in [9.17, 15) is 4.79 Å². The predicted molar refractivity (Wildman–Crippen MR) is 79.4 cm³/mol. The highest BCUT2D eigenvalue weighted by molar-refractivity contribution is 5.91. The van der Waals surface area contributed by atoms with Gasteiger partial charge in [0.05, 0.1) is 23.5 Å². The lowest BCUT2D eigenvalue weighted by molar-refractivity contribution is 0.0526. The number of ether oxygens (including phenoxy) is 1. The van der Waals surface area contributed by atoms with Gasteiger partial charge in [0.1, 0.15) is 0 Å². The highest BCUT2D eigenvalue weighted by Crippen LogP contribution is 2.23. The minimum Gasteiger partial charge on any atom is -0.462 e. The van der Waals surface area contributed by atoms with Gasteiger partial charge in [0.15, 0.2) is 0 Å². The molecule has 0 radical (unpaired) electrons. The molecule has 0 saturated heterocycles. The van der Waals surface area contributed by atoms with Crippen LogP contribution in [0.3, 0.4) is 0 Å². The summed E-state index contributed by atoms with van der Waals surface area (Å²) in [6.07, 6.45) is 1.02. The van der Waals surface area contributed by atoms with E-state index in [1.807, 2.05) is 6.07 Å². The van der Waals surface area contributed by atoms with Crippen LogP contribution in [0.2, 0.25) is 0 Å². The van der Waals surface area contributed by atoms with Gasteiger partial charge >= 0.3 is 5.97 Å². The van der Waals surface area contributed by atoms with Crippen LogP contribution in [-0.2, 0) is 4.74 Å². The Hall–Kier alpha value is -1.71. The molecule has 106 valence electrons. The van der Waals surface area contributed by atoms with Crippen LogP contribution in [0.25, 0.3) is 0 Å². The van der Waals surface area contributed by atoms with Crippen LogP contribution in [0.5, 0.6) is 0 Å². The lowest BCUT2D eigenvalue weighted by Gasteiger charge is -2.23. The third-order valence-corrected chi connectivity index (χ3v) is 3.15. The summed E-state index contributed by atoms with van der Waals surface area (Å²) in [6, 6.07) is 5.61. The Balaban J connectivity index is 2.85. The van der Waals surface area contributed by atoms with Gasteiger partial charge in [0.2, 0.25) is 0 Å². The summed E-state index contributed by atoms with van der Waals surface area (Å²) in [7, 11) is 0. The van der Waals surface area contributed by atoms with Gasteiger partial charge in [0, 0.05) is 6.04 Å². The number of hydrogen-bond donors (Lipinski definition) is 2. The first-order chi connectivity index (χ1) is 8.99. The Morgan fingerprint density at radius 3 is 2.53 bits per heavy atom. The van der Waals surface area contributed by atoms with Crippen molar-refractivity contribution in [3.63, 3.8) is 0 Å². The third-order valence-electron chi connectivity index (χ3n) is 3.15. The zero-order valence-corrected chi connectivity index (χ0v) is 12.2. The van der Waals surface area contributed by atoms with E-state index in [1.165, 1.54) is 0 Å². The quantitative estimate of drug-likeness (QED) is 0.611. The fourth-order valence-electron chi connectivity index (χ4n) is 1.98. The second kappa shape index (κ2) is 7.02. The Bertz CT molecular complexity index is 430. The number of carbonyl (C=O) groups is 1. The molecule has 0 bridgehead atoms. The zero-order chi connectivity index (χ0) is 14.4. The van der Waals surface area contributed by atoms with Gasteiger partial charge < -0.3 is 15.8 Å². The second-order valence-corrected chi connectivity index (χ2v) is 4.93. The number of hydrogen-bond acceptors (Lipinski definition) is 4. The van der Waals surface area contributed by atoms with Crippen molar-refractivity contribution >= 4 is 17.3 Å². The van der Waals surface area contributed by atoms with Crippen LogP contribution < -0.4 is 11.1 Å². The van der Waals surface area contributed by atoms with Gasteiger partial charge in [0.25, 0.3) is 0 Å². The molecule has 0 fully saturated rings. The minimum atomic E-state index is -0.336. The number of rotatable bonds is 6. The molecule has 19 heavy (non-hydrogen) atoms. The third kappa shape index (κ3) is 4.16. The van der Waals surface area contributed by atoms with Crippen molar-refractivity contribution in [2.75, 3.05) is 17.7 Å². The van der Waals surface area contributed by atoms with Crippen LogP contribution >= 0.6 is 0 Å². The highest BCUT2D eigenvalue weighted by atomic mass is 16.5. The molecule has 0 aromatic heterocycles. The van der Waals surface area contributed by atoms with E-state index in [-0.39, 0.29) is 5.97 Å². The van der Waals surface area contributed by atoms with Crippen LogP contribution in [0.1, 0.15) is 44.5 Å². The maximum absolute atomic E-state index is 11.6. The number of nitrogens with one attached hydrogen (secondary N) is 1. The maximum atomic E-state index is 11.6. The predicted octanol–water partition coefficient (Wildman–Crippen LogP) is 3.29. The normalized spacial score (nSPS) is 12.3. The lowest BCUT2D eigenvalue weighted by Crippen LogP contribution is -2.25. The van der Waals surface area contributed by atoms with E-state index in [1.54, 1.807) is 19.1 Å². The van der Waals surface area contributed by atoms with Crippen LogP contribution in [0.15, 0.2) is 18.2 Å². The molecule has 4 nitrogen and oxygen atoms in total. The molecular weight excluding hydrogens is 240 g/mol. The fraction of sp³-hybridized carbons (Fsp3) is 0.533. The number of nitrogen functional groups attached to an aromatic ring is 1. The van der Waals surface area contributed by atoms with Crippen molar-refractivity contribution in [1.29, 1.82) is 0 Å². The first-order valence-corrected chi connectivity index (χ1v) is 6.82. The molecule has 0 heterocycles. The topological polar surface area (TPSA) is 64.3 Å². The Morgan fingerprint density at radius 1 is 1.37 bits per heavy atom. The van der Waals surface area contributed by atoms with Crippen LogP contribution in [0, 0.1) is 5.92 Å². The molecule has 0 spiro atoms. The summed E-state index contributed by atoms with van der Waals surface area (Å²) < 4.78 is 4.95. The van der Waals surface area contributed by atoms with Gasteiger partial charge in [-0.3, -0.25) is 0 Å². The second-order valence-electron chi connectivity index (χ2n) is 4.93. The maximum Gasteiger partial charge on any atom is 0.338 e. The highest BCUT2D eigenvalue weighted by Gasteiger charge is 2.13. The molecule has 4 heteroatoms. The van der Waals surface area contributed by atoms with Crippen molar-refractivity contribution < 1.29 is 9.53 Å². The summed E-state index contributed by atoms with van der Waals surface area (Å²) in [5, 5.41) is 3.42. The molecule has 1 unspecified atom stereocenters. The average Bonchev–Trinajstić information content (AvgIpc) is 2.37. The van der Waals surface area contributed by atoms with Gasteiger partial charge in [-0.15, -0.1) is 0 Å². The Morgan fingerprint density at radius 2 is 2.05 bits per heavy atom. The van der Waals surface area contributed by atoms with E-state index in [0.717, 1.165) is 12.1 Å². The molecule has 0 aliphatic rings. The molecule has 1 rings (SSSR count). The van der Waals surface area contributed by atoms with Crippen molar-refractivity contribution in [2.24, 2.45) is 5.92 Å². The number of benzene rings is 1. The standard InChI is InChI=1S/C15H24N2O2/c1-5-13(10(3)4)17-14-8-7-11(9-12(14)16)15(18)19-6-2/h7-10,13,17H,5-6,16H2,1-4H3. The summed E-state index contributed by atoms with van der Waals surface area (Å²) >= 11 is 0. The van der Waals surface area contributed by atoms with Crippen LogP contribution in [-0.4, -0.2) is 18.6 Å². The van der Waals surface area contributed by atoms with E-state index >= 15 is 0 Å². The van der Waals surface area contributed by atoms with Gasteiger partial charge in [-0.25, -0.2) is 4.79 Å². The number of anilines is 2. The Labute approximate surface area is 115 Å². The SMILES string of the molecule is CCOC(=O)c1ccc(NC(CC)C(C)C)c(N)c1. The molecule has 1 aromatic rings. The van der Waals surface area contributed by atoms with Crippen molar-refractivity contribution in [1.82, 2.24) is 0 Å². The molecule has 3 N–H and O–H groups in total. The van der Waals surface area contributed by atoms with Crippen molar-refractivity contribution in [2.45, 2.75) is 40.2 Å². The minimum absolute atomic E-state index is 0.336. The summed E-state index contributed by atoms with van der Waals surface area (Å²) in [5.41, 5.74) is 7.92. The van der Waals surface area contributed by atoms with E-state index in [4.69, 9.17) is 10.5 Å². The van der Waals surface area contributed by atoms with E-state index < -0.39 is 0 Å². The number of carbonyl (C=O) groups excluding carboxylic acids is 1. The van der Waals surface area contributed by atoms with Gasteiger partial charge in [-0.1, -0.05) is 20.8 Å². The summed E-state index contributed by atoms with van der Waals surface area (Å²) in [4.78, 5) is 11.6. The molecule has 0 aliphatic heterocycles. The van der Waals surface area contributed by atoms with Crippen LogP contribution in [0.4, 0.5) is 11.4 Å². The monoisotopic (exact) mass is 264 g/mol. The van der Waals surface area contributed by atoms with Crippen molar-refractivity contribution in [3.05, 3.63) is 23.8 Å².